The Morgan fingerprint density at radius 3 is 2.53 bits per heavy atom. The predicted octanol–water partition coefficient (Wildman–Crippen LogP) is 3.54. The number of fused-ring (bicyclic) bond motifs is 4. The van der Waals surface area contributed by atoms with Crippen LogP contribution in [0.25, 0.3) is 10.9 Å². The highest BCUT2D eigenvalue weighted by Crippen LogP contribution is 2.50. The third kappa shape index (κ3) is 4.54. The van der Waals surface area contributed by atoms with E-state index in [9.17, 15) is 9.90 Å². The highest BCUT2D eigenvalue weighted by Gasteiger charge is 2.48. The number of hydrogen-bond donors (Lipinski definition) is 1. The minimum Gasteiger partial charge on any atom is -0.497 e. The van der Waals surface area contributed by atoms with Gasteiger partial charge in [-0.25, -0.2) is 0 Å². The van der Waals surface area contributed by atoms with Gasteiger partial charge in [0.05, 0.1) is 31.8 Å². The number of nitrogens with zero attached hydrogens (tertiary/aromatic N) is 4. The van der Waals surface area contributed by atoms with Crippen LogP contribution in [0.3, 0.4) is 0 Å². The van der Waals surface area contributed by atoms with Crippen molar-refractivity contribution in [3.05, 3.63) is 29.5 Å². The lowest BCUT2D eigenvalue weighted by Crippen LogP contribution is -2.56. The Balaban J connectivity index is 1.55. The second kappa shape index (κ2) is 10.3. The van der Waals surface area contributed by atoms with Crippen molar-refractivity contribution in [1.29, 1.82) is 0 Å². The molecule has 0 radical (unpaired) electrons. The molecule has 2 aromatic rings. The first kappa shape index (κ1) is 25.6. The van der Waals surface area contributed by atoms with E-state index in [1.165, 1.54) is 54.3 Å². The summed E-state index contributed by atoms with van der Waals surface area (Å²) >= 11 is 0. The van der Waals surface area contributed by atoms with Crippen molar-refractivity contribution < 1.29 is 14.6 Å². The molecule has 7 heteroatoms. The van der Waals surface area contributed by atoms with E-state index in [2.05, 4.69) is 39.6 Å². The number of methoxy groups -OCH3 is 1. The smallest absolute Gasteiger partial charge is 0.236 e. The van der Waals surface area contributed by atoms with Gasteiger partial charge in [0.2, 0.25) is 5.91 Å². The van der Waals surface area contributed by atoms with Gasteiger partial charge >= 0.3 is 0 Å². The first-order valence-electron chi connectivity index (χ1n) is 13.8. The van der Waals surface area contributed by atoms with Crippen LogP contribution in [-0.2, 0) is 17.3 Å². The Morgan fingerprint density at radius 1 is 1.17 bits per heavy atom. The number of likely N-dealkylation sites (N-methyl/N-ethyl adjacent to an activating group) is 1. The van der Waals surface area contributed by atoms with Crippen molar-refractivity contribution in [3.8, 4) is 5.75 Å². The summed E-state index contributed by atoms with van der Waals surface area (Å²) in [5.41, 5.74) is 3.82. The molecule has 5 rings (SSSR count). The Kier molecular flexibility index (Phi) is 7.34. The minimum atomic E-state index is -0.0152. The lowest BCUT2D eigenvalue weighted by atomic mass is 9.68. The fourth-order valence-corrected chi connectivity index (χ4v) is 7.32. The number of carbonyl (C=O) groups excluding carboxylic acids is 1. The van der Waals surface area contributed by atoms with Gasteiger partial charge in [-0.05, 0) is 63.4 Å². The summed E-state index contributed by atoms with van der Waals surface area (Å²) in [7, 11) is 7.78. The van der Waals surface area contributed by atoms with Crippen molar-refractivity contribution in [2.24, 2.45) is 13.0 Å². The number of hydrogen-bond acceptors (Lipinski definition) is 5. The molecule has 0 unspecified atom stereocenters. The summed E-state index contributed by atoms with van der Waals surface area (Å²) in [5, 5.41) is 12.0. The van der Waals surface area contributed by atoms with Gasteiger partial charge in [0, 0.05) is 55.8 Å². The summed E-state index contributed by atoms with van der Waals surface area (Å²) in [6.07, 6.45) is 8.54. The molecule has 2 aliphatic heterocycles. The van der Waals surface area contributed by atoms with Crippen molar-refractivity contribution >= 4 is 16.8 Å². The maximum absolute atomic E-state index is 12.9. The number of piperidine rings is 1. The SMILES string of the molecule is COc1ccc2c3c(n(C)c2c1)[C@H](CO)N(CC1CCCCC1)CC31CCN(C(=O)CN(C)C)CC1. The number of likely N-dealkylation sites (tertiary alicyclic amines) is 1. The number of aliphatic hydroxyl groups is 1. The second-order valence-corrected chi connectivity index (χ2v) is 11.7. The molecule has 1 aromatic carbocycles. The third-order valence-corrected chi connectivity index (χ3v) is 9.16. The Labute approximate surface area is 216 Å². The van der Waals surface area contributed by atoms with Crippen LogP contribution in [-0.4, -0.2) is 90.8 Å². The number of aryl methyl sites for hydroxylation is 1. The Hall–Kier alpha value is -2.09. The molecule has 1 atom stereocenters. The molecule has 198 valence electrons. The quantitative estimate of drug-likeness (QED) is 0.663. The normalized spacial score (nSPS) is 22.9. The van der Waals surface area contributed by atoms with Gasteiger partial charge in [-0.1, -0.05) is 19.3 Å². The number of aromatic nitrogens is 1. The first-order valence-corrected chi connectivity index (χ1v) is 13.8. The summed E-state index contributed by atoms with van der Waals surface area (Å²) in [6, 6.07) is 6.42. The van der Waals surface area contributed by atoms with Crippen molar-refractivity contribution in [2.75, 3.05) is 60.5 Å². The van der Waals surface area contributed by atoms with E-state index in [1.54, 1.807) is 7.11 Å². The summed E-state index contributed by atoms with van der Waals surface area (Å²) in [6.45, 7) is 4.19. The Bertz CT molecular complexity index is 1080. The van der Waals surface area contributed by atoms with Gasteiger partial charge < -0.3 is 24.2 Å². The molecule has 1 amide bonds. The van der Waals surface area contributed by atoms with E-state index in [-0.39, 0.29) is 24.0 Å². The molecular weight excluding hydrogens is 452 g/mol. The van der Waals surface area contributed by atoms with E-state index in [1.807, 2.05) is 19.0 Å². The van der Waals surface area contributed by atoms with Crippen molar-refractivity contribution in [3.63, 3.8) is 0 Å². The van der Waals surface area contributed by atoms with Crippen molar-refractivity contribution in [1.82, 2.24) is 19.3 Å². The van der Waals surface area contributed by atoms with Crippen molar-refractivity contribution in [2.45, 2.75) is 56.4 Å². The summed E-state index contributed by atoms with van der Waals surface area (Å²) in [4.78, 5) is 19.5. The molecule has 0 bridgehead atoms. The standard InChI is InChI=1S/C29H44N4O3/c1-30(2)18-26(35)32-14-12-29(13-15-32)20-33(17-21-8-6-5-7-9-21)25(19-34)28-27(29)23-11-10-22(36-4)16-24(23)31(28)3/h10-11,16,21,25,34H,5-9,12-15,17-20H2,1-4H3/t25-/m0/s1. The van der Waals surface area contributed by atoms with Crippen LogP contribution >= 0.6 is 0 Å². The van der Waals surface area contributed by atoms with E-state index in [0.717, 1.165) is 44.8 Å². The monoisotopic (exact) mass is 496 g/mol. The summed E-state index contributed by atoms with van der Waals surface area (Å²) < 4.78 is 7.88. The molecule has 36 heavy (non-hydrogen) atoms. The van der Waals surface area contributed by atoms with E-state index in [4.69, 9.17) is 4.74 Å². The number of rotatable bonds is 6. The summed E-state index contributed by atoms with van der Waals surface area (Å²) in [5.74, 6) is 1.79. The first-order chi connectivity index (χ1) is 17.4. The van der Waals surface area contributed by atoms with Crippen LogP contribution in [0.2, 0.25) is 0 Å². The number of ether oxygens (including phenoxy) is 1. The topological polar surface area (TPSA) is 61.2 Å². The fourth-order valence-electron chi connectivity index (χ4n) is 7.32. The molecule has 3 aliphatic rings. The third-order valence-electron chi connectivity index (χ3n) is 9.16. The highest BCUT2D eigenvalue weighted by molar-refractivity contribution is 5.89. The maximum Gasteiger partial charge on any atom is 0.236 e. The molecular formula is C29H44N4O3. The van der Waals surface area contributed by atoms with Gasteiger partial charge in [0.1, 0.15) is 5.75 Å². The number of aliphatic hydroxyl groups excluding tert-OH is 1. The number of benzene rings is 1. The molecule has 2 fully saturated rings. The largest absolute Gasteiger partial charge is 0.497 e. The minimum absolute atomic E-state index is 0.00403. The molecule has 1 aromatic heterocycles. The zero-order chi connectivity index (χ0) is 25.4. The van der Waals surface area contributed by atoms with E-state index >= 15 is 0 Å². The van der Waals surface area contributed by atoms with Gasteiger partial charge in [0.25, 0.3) is 0 Å². The predicted molar refractivity (Wildman–Crippen MR) is 143 cm³/mol. The van der Waals surface area contributed by atoms with Crippen LogP contribution in [0.1, 0.15) is 62.2 Å². The van der Waals surface area contributed by atoms with E-state index < -0.39 is 0 Å². The second-order valence-electron chi connectivity index (χ2n) is 11.7. The number of amides is 1. The van der Waals surface area contributed by atoms with Crippen LogP contribution < -0.4 is 4.74 Å². The zero-order valence-electron chi connectivity index (χ0n) is 22.6. The van der Waals surface area contributed by atoms with Gasteiger partial charge in [-0.15, -0.1) is 0 Å². The molecule has 1 N–H and O–H groups in total. The van der Waals surface area contributed by atoms with Gasteiger partial charge in [-0.2, -0.15) is 0 Å². The molecule has 1 saturated heterocycles. The van der Waals surface area contributed by atoms with Crippen LogP contribution in [0.4, 0.5) is 0 Å². The highest BCUT2D eigenvalue weighted by atomic mass is 16.5. The zero-order valence-corrected chi connectivity index (χ0v) is 22.6. The van der Waals surface area contributed by atoms with E-state index in [0.29, 0.717) is 12.5 Å². The number of carbonyl (C=O) groups is 1. The molecule has 3 heterocycles. The van der Waals surface area contributed by atoms with Gasteiger partial charge in [-0.3, -0.25) is 9.69 Å². The van der Waals surface area contributed by atoms with Crippen LogP contribution in [0, 0.1) is 5.92 Å². The fraction of sp³-hybridized carbons (Fsp3) is 0.690. The maximum atomic E-state index is 12.9. The average Bonchev–Trinajstić information content (AvgIpc) is 3.17. The average molecular weight is 497 g/mol. The Morgan fingerprint density at radius 2 is 1.89 bits per heavy atom. The van der Waals surface area contributed by atoms with Crippen LogP contribution in [0.15, 0.2) is 18.2 Å². The lowest BCUT2D eigenvalue weighted by Gasteiger charge is -2.51. The van der Waals surface area contributed by atoms with Crippen LogP contribution in [0.5, 0.6) is 5.75 Å². The van der Waals surface area contributed by atoms with Gasteiger partial charge in [0.15, 0.2) is 0 Å². The lowest BCUT2D eigenvalue weighted by molar-refractivity contribution is -0.133. The molecule has 7 nitrogen and oxygen atoms in total. The molecule has 1 saturated carbocycles. The molecule has 1 spiro atoms. The molecule has 1 aliphatic carbocycles.